The second-order valence-electron chi connectivity index (χ2n) is 16.1. The standard InChI is InChI=1S/C60H40N2/c1-3-15-41(16-4-1)42-27-32-47(33-28-42)61(49-39-46-20-8-9-21-50(46)56(40-49)43-17-5-2-6-18-43)58-38-36-51(53-23-11-12-24-54(53)58)45-29-34-48(35-30-45)62-57-26-14-13-25-55(57)60-52-22-10-7-19-44(52)31-37-59(60)62/h1-40H. The fraction of sp³-hybridized carbons (Fsp3) is 0. The van der Waals surface area contributed by atoms with E-state index in [1.165, 1.54) is 87.5 Å². The number of nitrogens with zero attached hydrogens (tertiary/aromatic N) is 2. The van der Waals surface area contributed by atoms with Gasteiger partial charge in [-0.05, 0) is 115 Å². The molecular formula is C60H40N2. The second-order valence-corrected chi connectivity index (χ2v) is 16.1. The predicted octanol–water partition coefficient (Wildman–Crippen LogP) is 16.7. The molecule has 0 spiro atoms. The first-order chi connectivity index (χ1) is 30.8. The van der Waals surface area contributed by atoms with Crippen molar-refractivity contribution in [2.75, 3.05) is 4.90 Å². The van der Waals surface area contributed by atoms with Gasteiger partial charge in [-0.15, -0.1) is 0 Å². The number of aromatic nitrogens is 1. The number of hydrogen-bond acceptors (Lipinski definition) is 1. The van der Waals surface area contributed by atoms with Crippen molar-refractivity contribution in [1.82, 2.24) is 4.57 Å². The zero-order valence-electron chi connectivity index (χ0n) is 34.0. The van der Waals surface area contributed by atoms with E-state index in [1.807, 2.05) is 0 Å². The average Bonchev–Trinajstić information content (AvgIpc) is 3.69. The summed E-state index contributed by atoms with van der Waals surface area (Å²) >= 11 is 0. The molecule has 12 aromatic rings. The second kappa shape index (κ2) is 14.8. The van der Waals surface area contributed by atoms with Crippen molar-refractivity contribution >= 4 is 71.2 Å². The molecular weight excluding hydrogens is 749 g/mol. The van der Waals surface area contributed by atoms with Crippen molar-refractivity contribution in [1.29, 1.82) is 0 Å². The first kappa shape index (κ1) is 35.7. The quantitative estimate of drug-likeness (QED) is 0.156. The van der Waals surface area contributed by atoms with Crippen molar-refractivity contribution in [3.8, 4) is 39.1 Å². The van der Waals surface area contributed by atoms with Crippen LogP contribution in [0.25, 0.3) is 93.2 Å². The van der Waals surface area contributed by atoms with Gasteiger partial charge < -0.3 is 9.47 Å². The van der Waals surface area contributed by atoms with E-state index in [4.69, 9.17) is 0 Å². The number of para-hydroxylation sites is 1. The van der Waals surface area contributed by atoms with Crippen LogP contribution in [0.2, 0.25) is 0 Å². The number of fused-ring (bicyclic) bond motifs is 7. The van der Waals surface area contributed by atoms with Crippen LogP contribution in [0.4, 0.5) is 17.1 Å². The molecule has 290 valence electrons. The Bertz CT molecular complexity index is 3600. The molecule has 11 aromatic carbocycles. The van der Waals surface area contributed by atoms with E-state index in [9.17, 15) is 0 Å². The molecule has 0 aliphatic heterocycles. The van der Waals surface area contributed by atoms with Gasteiger partial charge in [0, 0.05) is 33.2 Å². The Morgan fingerprint density at radius 2 is 0.855 bits per heavy atom. The van der Waals surface area contributed by atoms with Crippen molar-refractivity contribution in [2.24, 2.45) is 0 Å². The molecule has 0 saturated heterocycles. The molecule has 2 nitrogen and oxygen atoms in total. The van der Waals surface area contributed by atoms with E-state index in [0.29, 0.717) is 0 Å². The number of anilines is 3. The molecule has 2 heteroatoms. The van der Waals surface area contributed by atoms with Gasteiger partial charge in [0.1, 0.15) is 0 Å². The molecule has 0 atom stereocenters. The Morgan fingerprint density at radius 1 is 0.290 bits per heavy atom. The van der Waals surface area contributed by atoms with Crippen LogP contribution in [0.5, 0.6) is 0 Å². The van der Waals surface area contributed by atoms with Gasteiger partial charge in [-0.1, -0.05) is 188 Å². The molecule has 62 heavy (non-hydrogen) atoms. The van der Waals surface area contributed by atoms with Gasteiger partial charge in [-0.2, -0.15) is 0 Å². The van der Waals surface area contributed by atoms with Crippen molar-refractivity contribution in [3.63, 3.8) is 0 Å². The van der Waals surface area contributed by atoms with E-state index in [1.54, 1.807) is 0 Å². The lowest BCUT2D eigenvalue weighted by molar-refractivity contribution is 1.18. The highest BCUT2D eigenvalue weighted by Gasteiger charge is 2.20. The zero-order chi connectivity index (χ0) is 41.0. The van der Waals surface area contributed by atoms with Gasteiger partial charge in [-0.25, -0.2) is 0 Å². The molecule has 12 rings (SSSR count). The Labute approximate surface area is 360 Å². The maximum Gasteiger partial charge on any atom is 0.0547 e. The average molecular weight is 789 g/mol. The summed E-state index contributed by atoms with van der Waals surface area (Å²) in [5.74, 6) is 0. The smallest absolute Gasteiger partial charge is 0.0547 e. The number of benzene rings is 11. The van der Waals surface area contributed by atoms with Crippen molar-refractivity contribution in [3.05, 3.63) is 243 Å². The van der Waals surface area contributed by atoms with Crippen LogP contribution < -0.4 is 4.90 Å². The lowest BCUT2D eigenvalue weighted by Crippen LogP contribution is -2.11. The van der Waals surface area contributed by atoms with Gasteiger partial charge in [0.15, 0.2) is 0 Å². The van der Waals surface area contributed by atoms with Crippen LogP contribution in [-0.2, 0) is 0 Å². The minimum atomic E-state index is 1.10. The number of hydrogen-bond donors (Lipinski definition) is 0. The maximum atomic E-state index is 2.44. The summed E-state index contributed by atoms with van der Waals surface area (Å²) in [5.41, 5.74) is 14.1. The third kappa shape index (κ3) is 5.96. The summed E-state index contributed by atoms with van der Waals surface area (Å²) in [4.78, 5) is 2.44. The Kier molecular flexibility index (Phi) is 8.53. The Balaban J connectivity index is 1.01. The van der Waals surface area contributed by atoms with Crippen LogP contribution >= 0.6 is 0 Å². The molecule has 1 heterocycles. The Morgan fingerprint density at radius 3 is 1.61 bits per heavy atom. The highest BCUT2D eigenvalue weighted by atomic mass is 15.1. The van der Waals surface area contributed by atoms with Gasteiger partial charge in [0.2, 0.25) is 0 Å². The van der Waals surface area contributed by atoms with Crippen LogP contribution in [0.1, 0.15) is 0 Å². The zero-order valence-corrected chi connectivity index (χ0v) is 34.0. The van der Waals surface area contributed by atoms with Gasteiger partial charge in [0.05, 0.1) is 16.7 Å². The topological polar surface area (TPSA) is 8.17 Å². The molecule has 0 fully saturated rings. The molecule has 0 aliphatic carbocycles. The monoisotopic (exact) mass is 788 g/mol. The molecule has 1 aromatic heterocycles. The summed E-state index contributed by atoms with van der Waals surface area (Å²) in [6.07, 6.45) is 0. The largest absolute Gasteiger partial charge is 0.310 e. The summed E-state index contributed by atoms with van der Waals surface area (Å²) in [5, 5.41) is 9.93. The minimum absolute atomic E-state index is 1.10. The first-order valence-corrected chi connectivity index (χ1v) is 21.3. The molecule has 0 bridgehead atoms. The highest BCUT2D eigenvalue weighted by molar-refractivity contribution is 6.21. The summed E-state index contributed by atoms with van der Waals surface area (Å²) in [7, 11) is 0. The number of rotatable bonds is 7. The van der Waals surface area contributed by atoms with Crippen molar-refractivity contribution < 1.29 is 0 Å². The van der Waals surface area contributed by atoms with E-state index >= 15 is 0 Å². The lowest BCUT2D eigenvalue weighted by atomic mass is 9.94. The van der Waals surface area contributed by atoms with E-state index in [2.05, 4.69) is 252 Å². The van der Waals surface area contributed by atoms with E-state index in [0.717, 1.165) is 22.7 Å². The van der Waals surface area contributed by atoms with Crippen LogP contribution in [0.15, 0.2) is 243 Å². The summed E-state index contributed by atoms with van der Waals surface area (Å²) in [6, 6.07) is 88.5. The fourth-order valence-electron chi connectivity index (χ4n) is 9.68. The molecule has 0 saturated carbocycles. The molecule has 0 N–H and O–H groups in total. The third-order valence-electron chi connectivity index (χ3n) is 12.6. The van der Waals surface area contributed by atoms with Crippen molar-refractivity contribution in [2.45, 2.75) is 0 Å². The maximum absolute atomic E-state index is 2.44. The fourth-order valence-corrected chi connectivity index (χ4v) is 9.68. The minimum Gasteiger partial charge on any atom is -0.310 e. The van der Waals surface area contributed by atoms with E-state index < -0.39 is 0 Å². The SMILES string of the molecule is c1ccc(-c2ccc(N(c3cc(-c4ccccc4)c4ccccc4c3)c3ccc(-c4ccc(-n5c6ccccc6c6c7ccccc7ccc65)cc4)c4ccccc34)cc2)cc1. The Hall–Kier alpha value is -8.20. The van der Waals surface area contributed by atoms with Gasteiger partial charge in [-0.3, -0.25) is 0 Å². The van der Waals surface area contributed by atoms with Crippen LogP contribution in [0.3, 0.4) is 0 Å². The van der Waals surface area contributed by atoms with Gasteiger partial charge >= 0.3 is 0 Å². The normalized spacial score (nSPS) is 11.5. The van der Waals surface area contributed by atoms with Crippen LogP contribution in [-0.4, -0.2) is 4.57 Å². The summed E-state index contributed by atoms with van der Waals surface area (Å²) < 4.78 is 2.41. The lowest BCUT2D eigenvalue weighted by Gasteiger charge is -2.29. The third-order valence-corrected chi connectivity index (χ3v) is 12.6. The first-order valence-electron chi connectivity index (χ1n) is 21.3. The summed E-state index contributed by atoms with van der Waals surface area (Å²) in [6.45, 7) is 0. The van der Waals surface area contributed by atoms with Crippen LogP contribution in [0, 0.1) is 0 Å². The molecule has 0 radical (unpaired) electrons. The highest BCUT2D eigenvalue weighted by Crippen LogP contribution is 2.45. The van der Waals surface area contributed by atoms with E-state index in [-0.39, 0.29) is 0 Å². The molecule has 0 amide bonds. The predicted molar refractivity (Wildman–Crippen MR) is 264 cm³/mol. The van der Waals surface area contributed by atoms with Gasteiger partial charge in [0.25, 0.3) is 0 Å². The molecule has 0 unspecified atom stereocenters. The molecule has 0 aliphatic rings.